The Morgan fingerprint density at radius 3 is 3.11 bits per heavy atom. The zero-order valence-corrected chi connectivity index (χ0v) is 11.2. The molecule has 0 saturated carbocycles. The van der Waals surface area contributed by atoms with Crippen LogP contribution in [0.1, 0.15) is 30.1 Å². The standard InChI is InChI=1S/C15H19NO3/c1-2-19-15(18)13-6-4-8-16(10-13)14-7-3-5-12(9-14)11-17/h3,5,7,9,11,13H,2,4,6,8,10H2,1H3. The minimum absolute atomic E-state index is 0.0615. The molecule has 0 bridgehead atoms. The first-order valence-corrected chi connectivity index (χ1v) is 6.71. The van der Waals surface area contributed by atoms with Crippen LogP contribution in [0.5, 0.6) is 0 Å². The van der Waals surface area contributed by atoms with Crippen molar-refractivity contribution in [3.05, 3.63) is 29.8 Å². The molecule has 0 aliphatic carbocycles. The number of nitrogens with zero attached hydrogens (tertiary/aromatic N) is 1. The van der Waals surface area contributed by atoms with E-state index in [0.29, 0.717) is 18.7 Å². The highest BCUT2D eigenvalue weighted by molar-refractivity contribution is 5.77. The summed E-state index contributed by atoms with van der Waals surface area (Å²) < 4.78 is 5.09. The first kappa shape index (κ1) is 13.6. The van der Waals surface area contributed by atoms with Gasteiger partial charge in [0.15, 0.2) is 0 Å². The molecule has 102 valence electrons. The smallest absolute Gasteiger partial charge is 0.310 e. The van der Waals surface area contributed by atoms with Crippen molar-refractivity contribution in [3.8, 4) is 0 Å². The Kier molecular flexibility index (Phi) is 4.55. The number of hydrogen-bond acceptors (Lipinski definition) is 4. The summed E-state index contributed by atoms with van der Waals surface area (Å²) in [7, 11) is 0. The Bertz CT molecular complexity index is 458. The van der Waals surface area contributed by atoms with Crippen LogP contribution in [0.2, 0.25) is 0 Å². The van der Waals surface area contributed by atoms with E-state index >= 15 is 0 Å². The molecule has 1 aliphatic heterocycles. The number of ether oxygens (including phenoxy) is 1. The molecule has 1 aromatic carbocycles. The monoisotopic (exact) mass is 261 g/mol. The lowest BCUT2D eigenvalue weighted by molar-refractivity contribution is -0.148. The summed E-state index contributed by atoms with van der Waals surface area (Å²) in [5.41, 5.74) is 1.66. The average Bonchev–Trinajstić information content (AvgIpc) is 2.48. The third-order valence-electron chi connectivity index (χ3n) is 3.41. The van der Waals surface area contributed by atoms with Crippen molar-refractivity contribution in [1.82, 2.24) is 0 Å². The minimum Gasteiger partial charge on any atom is -0.466 e. The summed E-state index contributed by atoms with van der Waals surface area (Å²) in [6, 6.07) is 7.48. The first-order valence-electron chi connectivity index (χ1n) is 6.71. The van der Waals surface area contributed by atoms with Gasteiger partial charge in [-0.1, -0.05) is 12.1 Å². The van der Waals surface area contributed by atoms with Crippen molar-refractivity contribution in [3.63, 3.8) is 0 Å². The minimum atomic E-state index is -0.112. The van der Waals surface area contributed by atoms with Crippen LogP contribution in [0.4, 0.5) is 5.69 Å². The number of anilines is 1. The normalized spacial score (nSPS) is 19.0. The maximum Gasteiger partial charge on any atom is 0.310 e. The zero-order chi connectivity index (χ0) is 13.7. The highest BCUT2D eigenvalue weighted by Crippen LogP contribution is 2.24. The number of rotatable bonds is 4. The van der Waals surface area contributed by atoms with Crippen molar-refractivity contribution in [2.45, 2.75) is 19.8 Å². The number of benzene rings is 1. The Morgan fingerprint density at radius 2 is 2.37 bits per heavy atom. The second-order valence-corrected chi connectivity index (χ2v) is 4.75. The molecule has 1 aliphatic rings. The molecule has 0 N–H and O–H groups in total. The molecule has 0 aromatic heterocycles. The summed E-state index contributed by atoms with van der Waals surface area (Å²) in [6.07, 6.45) is 2.69. The van der Waals surface area contributed by atoms with E-state index in [-0.39, 0.29) is 11.9 Å². The van der Waals surface area contributed by atoms with Crippen LogP contribution in [0.15, 0.2) is 24.3 Å². The number of piperidine rings is 1. The van der Waals surface area contributed by atoms with Gasteiger partial charge in [0, 0.05) is 24.3 Å². The second kappa shape index (κ2) is 6.36. The van der Waals surface area contributed by atoms with Crippen molar-refractivity contribution >= 4 is 17.9 Å². The van der Waals surface area contributed by atoms with Crippen LogP contribution in [-0.4, -0.2) is 32.0 Å². The molecular weight excluding hydrogens is 242 g/mol. The zero-order valence-electron chi connectivity index (χ0n) is 11.2. The fraction of sp³-hybridized carbons (Fsp3) is 0.467. The van der Waals surface area contributed by atoms with E-state index in [2.05, 4.69) is 4.90 Å². The summed E-state index contributed by atoms with van der Waals surface area (Å²) in [4.78, 5) is 24.8. The van der Waals surface area contributed by atoms with Gasteiger partial charge in [-0.15, -0.1) is 0 Å². The van der Waals surface area contributed by atoms with Gasteiger partial charge < -0.3 is 9.64 Å². The van der Waals surface area contributed by atoms with Gasteiger partial charge >= 0.3 is 5.97 Å². The number of hydrogen-bond donors (Lipinski definition) is 0. The maximum atomic E-state index is 11.8. The maximum absolute atomic E-state index is 11.8. The van der Waals surface area contributed by atoms with E-state index in [0.717, 1.165) is 31.4 Å². The predicted molar refractivity (Wildman–Crippen MR) is 73.4 cm³/mol. The Hall–Kier alpha value is -1.84. The highest BCUT2D eigenvalue weighted by atomic mass is 16.5. The highest BCUT2D eigenvalue weighted by Gasteiger charge is 2.26. The molecule has 0 amide bonds. The van der Waals surface area contributed by atoms with E-state index in [4.69, 9.17) is 4.74 Å². The van der Waals surface area contributed by atoms with Crippen LogP contribution in [0, 0.1) is 5.92 Å². The van der Waals surface area contributed by atoms with Gasteiger partial charge in [-0.05, 0) is 31.9 Å². The Labute approximate surface area is 113 Å². The van der Waals surface area contributed by atoms with E-state index in [9.17, 15) is 9.59 Å². The first-order chi connectivity index (χ1) is 9.24. The quantitative estimate of drug-likeness (QED) is 0.616. The molecule has 1 aromatic rings. The van der Waals surface area contributed by atoms with Crippen molar-refractivity contribution in [2.24, 2.45) is 5.92 Å². The van der Waals surface area contributed by atoms with Gasteiger partial charge in [0.1, 0.15) is 6.29 Å². The summed E-state index contributed by atoms with van der Waals surface area (Å²) in [5.74, 6) is -0.174. The molecule has 1 atom stereocenters. The van der Waals surface area contributed by atoms with E-state index < -0.39 is 0 Å². The van der Waals surface area contributed by atoms with Gasteiger partial charge in [-0.3, -0.25) is 9.59 Å². The lowest BCUT2D eigenvalue weighted by Crippen LogP contribution is -2.39. The van der Waals surface area contributed by atoms with Crippen LogP contribution in [0.3, 0.4) is 0 Å². The van der Waals surface area contributed by atoms with Crippen LogP contribution < -0.4 is 4.90 Å². The topological polar surface area (TPSA) is 46.6 Å². The Morgan fingerprint density at radius 1 is 1.53 bits per heavy atom. The molecule has 2 rings (SSSR count). The molecule has 1 heterocycles. The van der Waals surface area contributed by atoms with Gasteiger partial charge in [0.2, 0.25) is 0 Å². The largest absolute Gasteiger partial charge is 0.466 e. The third kappa shape index (κ3) is 3.34. The SMILES string of the molecule is CCOC(=O)C1CCCN(c2cccc(C=O)c2)C1. The molecule has 0 radical (unpaired) electrons. The molecular formula is C15H19NO3. The van der Waals surface area contributed by atoms with Crippen molar-refractivity contribution in [2.75, 3.05) is 24.6 Å². The molecule has 1 fully saturated rings. The molecule has 4 nitrogen and oxygen atoms in total. The van der Waals surface area contributed by atoms with E-state index in [1.807, 2.05) is 25.1 Å². The summed E-state index contributed by atoms with van der Waals surface area (Å²) >= 11 is 0. The fourth-order valence-electron chi connectivity index (χ4n) is 2.46. The molecule has 1 unspecified atom stereocenters. The second-order valence-electron chi connectivity index (χ2n) is 4.75. The van der Waals surface area contributed by atoms with Crippen molar-refractivity contribution < 1.29 is 14.3 Å². The summed E-state index contributed by atoms with van der Waals surface area (Å²) in [6.45, 7) is 3.83. The van der Waals surface area contributed by atoms with Gasteiger partial charge in [0.05, 0.1) is 12.5 Å². The lowest BCUT2D eigenvalue weighted by atomic mass is 9.97. The Balaban J connectivity index is 2.07. The molecule has 19 heavy (non-hydrogen) atoms. The van der Waals surface area contributed by atoms with E-state index in [1.54, 1.807) is 6.07 Å². The van der Waals surface area contributed by atoms with Gasteiger partial charge in [0.25, 0.3) is 0 Å². The number of carbonyl (C=O) groups is 2. The lowest BCUT2D eigenvalue weighted by Gasteiger charge is -2.33. The average molecular weight is 261 g/mol. The fourth-order valence-corrected chi connectivity index (χ4v) is 2.46. The molecule has 4 heteroatoms. The van der Waals surface area contributed by atoms with Crippen LogP contribution >= 0.6 is 0 Å². The number of carbonyl (C=O) groups excluding carboxylic acids is 2. The van der Waals surface area contributed by atoms with Crippen molar-refractivity contribution in [1.29, 1.82) is 0 Å². The summed E-state index contributed by atoms with van der Waals surface area (Å²) in [5, 5.41) is 0. The van der Waals surface area contributed by atoms with E-state index in [1.165, 1.54) is 0 Å². The van der Waals surface area contributed by atoms with Gasteiger partial charge in [-0.25, -0.2) is 0 Å². The predicted octanol–water partition coefficient (Wildman–Crippen LogP) is 2.28. The third-order valence-corrected chi connectivity index (χ3v) is 3.41. The van der Waals surface area contributed by atoms with Crippen LogP contribution in [0.25, 0.3) is 0 Å². The molecule has 0 spiro atoms. The number of aldehydes is 1. The van der Waals surface area contributed by atoms with Gasteiger partial charge in [-0.2, -0.15) is 0 Å². The molecule has 1 saturated heterocycles. The number of esters is 1. The van der Waals surface area contributed by atoms with Crippen LogP contribution in [-0.2, 0) is 9.53 Å².